The lowest BCUT2D eigenvalue weighted by molar-refractivity contribution is -0.114. The van der Waals surface area contributed by atoms with Crippen LogP contribution in [0.4, 0.5) is 0 Å². The smallest absolute Gasteiger partial charge is 0.156 e. The lowest BCUT2D eigenvalue weighted by atomic mass is 9.95. The van der Waals surface area contributed by atoms with E-state index < -0.39 is 0 Å². The van der Waals surface area contributed by atoms with Gasteiger partial charge in [0.15, 0.2) is 5.78 Å². The maximum atomic E-state index is 11.2. The van der Waals surface area contributed by atoms with Gasteiger partial charge in [-0.25, -0.2) is 0 Å². The van der Waals surface area contributed by atoms with Crippen molar-refractivity contribution in [3.05, 3.63) is 23.8 Å². The Morgan fingerprint density at radius 1 is 1.50 bits per heavy atom. The number of ketones is 1. The molecular formula is C11H14O. The highest BCUT2D eigenvalue weighted by Gasteiger charge is 2.25. The van der Waals surface area contributed by atoms with Crippen LogP contribution in [-0.4, -0.2) is 5.78 Å². The first-order chi connectivity index (χ1) is 5.77. The largest absolute Gasteiger partial charge is 0.295 e. The van der Waals surface area contributed by atoms with Crippen molar-refractivity contribution in [3.8, 4) is 0 Å². The summed E-state index contributed by atoms with van der Waals surface area (Å²) in [5.41, 5.74) is 1.05. The van der Waals surface area contributed by atoms with Crippen molar-refractivity contribution in [2.45, 2.75) is 26.2 Å². The zero-order valence-corrected chi connectivity index (χ0v) is 7.42. The van der Waals surface area contributed by atoms with E-state index in [-0.39, 0.29) is 5.78 Å². The second kappa shape index (κ2) is 2.89. The van der Waals surface area contributed by atoms with Crippen LogP contribution in [0.5, 0.6) is 0 Å². The zero-order valence-electron chi connectivity index (χ0n) is 7.42. The molecule has 0 unspecified atom stereocenters. The number of carbonyl (C=O) groups is 1. The van der Waals surface area contributed by atoms with Crippen molar-refractivity contribution >= 4 is 5.78 Å². The average Bonchev–Trinajstić information content (AvgIpc) is 2.30. The summed E-state index contributed by atoms with van der Waals surface area (Å²) < 4.78 is 0. The molecule has 0 aromatic carbocycles. The molecule has 2 bridgehead atoms. The summed E-state index contributed by atoms with van der Waals surface area (Å²) in [7, 11) is 0. The normalized spacial score (nSPS) is 32.9. The Morgan fingerprint density at radius 2 is 2.33 bits per heavy atom. The highest BCUT2D eigenvalue weighted by atomic mass is 16.1. The molecule has 0 N–H and O–H groups in total. The number of fused-ring (bicyclic) bond motifs is 2. The second-order valence-electron chi connectivity index (χ2n) is 3.78. The Morgan fingerprint density at radius 3 is 3.08 bits per heavy atom. The minimum Gasteiger partial charge on any atom is -0.295 e. The molecule has 0 heterocycles. The van der Waals surface area contributed by atoms with Gasteiger partial charge in [0, 0.05) is 5.92 Å². The molecule has 1 nitrogen and oxygen atoms in total. The fraction of sp³-hybridized carbons (Fsp3) is 0.545. The molecule has 12 heavy (non-hydrogen) atoms. The van der Waals surface area contributed by atoms with Crippen molar-refractivity contribution < 1.29 is 4.79 Å². The molecule has 0 amide bonds. The first-order valence-electron chi connectivity index (χ1n) is 4.66. The highest BCUT2D eigenvalue weighted by molar-refractivity contribution is 5.94. The summed E-state index contributed by atoms with van der Waals surface area (Å²) in [6, 6.07) is 0. The molecule has 2 aliphatic rings. The number of rotatable bonds is 1. The van der Waals surface area contributed by atoms with Crippen molar-refractivity contribution in [2.75, 3.05) is 0 Å². The fourth-order valence-electron chi connectivity index (χ4n) is 2.23. The Bertz CT molecular complexity index is 260. The summed E-state index contributed by atoms with van der Waals surface area (Å²) in [6.07, 6.45) is 10.1. The molecule has 2 aliphatic carbocycles. The molecule has 2 atom stereocenters. The van der Waals surface area contributed by atoms with E-state index in [1.165, 1.54) is 12.8 Å². The van der Waals surface area contributed by atoms with Crippen LogP contribution < -0.4 is 0 Å². The van der Waals surface area contributed by atoms with Crippen LogP contribution >= 0.6 is 0 Å². The first kappa shape index (κ1) is 7.78. The first-order valence-corrected chi connectivity index (χ1v) is 4.66. The van der Waals surface area contributed by atoms with Crippen LogP contribution in [0.25, 0.3) is 0 Å². The van der Waals surface area contributed by atoms with E-state index in [0.29, 0.717) is 5.92 Å². The number of hydrogen-bond donors (Lipinski definition) is 0. The monoisotopic (exact) mass is 162 g/mol. The molecule has 0 spiro atoms. The van der Waals surface area contributed by atoms with E-state index in [1.807, 2.05) is 0 Å². The van der Waals surface area contributed by atoms with Gasteiger partial charge in [-0.05, 0) is 37.7 Å². The Hall–Kier alpha value is -0.850. The van der Waals surface area contributed by atoms with E-state index in [0.717, 1.165) is 17.9 Å². The van der Waals surface area contributed by atoms with Gasteiger partial charge in [0.25, 0.3) is 0 Å². The van der Waals surface area contributed by atoms with Crippen molar-refractivity contribution in [2.24, 2.45) is 11.8 Å². The third kappa shape index (κ3) is 1.24. The maximum Gasteiger partial charge on any atom is 0.156 e. The van der Waals surface area contributed by atoms with E-state index in [1.54, 1.807) is 6.92 Å². The molecule has 0 aromatic rings. The number of Topliss-reactive ketones (excluding diaryl/α,β-unsaturated/α-hetero) is 1. The summed E-state index contributed by atoms with van der Waals surface area (Å²) in [6.45, 7) is 1.68. The lowest BCUT2D eigenvalue weighted by Crippen LogP contribution is -2.06. The third-order valence-electron chi connectivity index (χ3n) is 2.88. The summed E-state index contributed by atoms with van der Waals surface area (Å²) in [4.78, 5) is 11.2. The van der Waals surface area contributed by atoms with E-state index in [9.17, 15) is 4.79 Å². The van der Waals surface area contributed by atoms with E-state index in [4.69, 9.17) is 0 Å². The predicted octanol–water partition coefficient (Wildman–Crippen LogP) is 2.49. The minimum atomic E-state index is 0.257. The SMILES string of the molecule is CC(=O)C1=CCC[C@@H]2C=C[C@H]1C2. The number of allylic oxidation sites excluding steroid dienone is 4. The van der Waals surface area contributed by atoms with Crippen LogP contribution in [0, 0.1) is 11.8 Å². The molecule has 64 valence electrons. The number of carbonyl (C=O) groups excluding carboxylic acids is 1. The highest BCUT2D eigenvalue weighted by Crippen LogP contribution is 2.35. The molecule has 0 saturated heterocycles. The van der Waals surface area contributed by atoms with Crippen molar-refractivity contribution in [1.82, 2.24) is 0 Å². The van der Waals surface area contributed by atoms with Crippen LogP contribution in [0.1, 0.15) is 26.2 Å². The topological polar surface area (TPSA) is 17.1 Å². The van der Waals surface area contributed by atoms with Gasteiger partial charge in [0.05, 0.1) is 0 Å². The van der Waals surface area contributed by atoms with Gasteiger partial charge >= 0.3 is 0 Å². The van der Waals surface area contributed by atoms with Crippen LogP contribution in [0.15, 0.2) is 23.8 Å². The van der Waals surface area contributed by atoms with Gasteiger partial charge in [-0.15, -0.1) is 0 Å². The molecule has 2 rings (SSSR count). The third-order valence-corrected chi connectivity index (χ3v) is 2.88. The molecule has 0 fully saturated rings. The molecule has 0 aliphatic heterocycles. The van der Waals surface area contributed by atoms with Crippen molar-refractivity contribution in [1.29, 1.82) is 0 Å². The van der Waals surface area contributed by atoms with Gasteiger partial charge in [-0.3, -0.25) is 4.79 Å². The quantitative estimate of drug-likeness (QED) is 0.541. The number of hydrogen-bond acceptors (Lipinski definition) is 1. The van der Waals surface area contributed by atoms with Gasteiger partial charge in [-0.2, -0.15) is 0 Å². The van der Waals surface area contributed by atoms with E-state index in [2.05, 4.69) is 18.2 Å². The lowest BCUT2D eigenvalue weighted by Gasteiger charge is -2.08. The molecule has 0 aromatic heterocycles. The summed E-state index contributed by atoms with van der Waals surface area (Å²) in [5, 5.41) is 0. The van der Waals surface area contributed by atoms with Crippen molar-refractivity contribution in [3.63, 3.8) is 0 Å². The fourth-order valence-corrected chi connectivity index (χ4v) is 2.23. The maximum absolute atomic E-state index is 11.2. The van der Waals surface area contributed by atoms with Crippen LogP contribution in [-0.2, 0) is 4.79 Å². The summed E-state index contributed by atoms with van der Waals surface area (Å²) >= 11 is 0. The van der Waals surface area contributed by atoms with Gasteiger partial charge in [0.1, 0.15) is 0 Å². The Labute approximate surface area is 73.2 Å². The molecule has 0 saturated carbocycles. The molecular weight excluding hydrogens is 148 g/mol. The predicted molar refractivity (Wildman–Crippen MR) is 48.7 cm³/mol. The van der Waals surface area contributed by atoms with Crippen LogP contribution in [0.2, 0.25) is 0 Å². The molecule has 0 radical (unpaired) electrons. The Balaban J connectivity index is 2.26. The summed E-state index contributed by atoms with van der Waals surface area (Å²) in [5.74, 6) is 1.44. The van der Waals surface area contributed by atoms with Gasteiger partial charge in [-0.1, -0.05) is 18.2 Å². The van der Waals surface area contributed by atoms with Crippen LogP contribution in [0.3, 0.4) is 0 Å². The standard InChI is InChI=1S/C11H14O/c1-8(12)11-4-2-3-9-5-6-10(11)7-9/h4-6,9-10H,2-3,7H2,1H3/t9-,10+/m1/s1. The molecule has 1 heteroatoms. The van der Waals surface area contributed by atoms with Gasteiger partial charge < -0.3 is 0 Å². The minimum absolute atomic E-state index is 0.257. The average molecular weight is 162 g/mol. The Kier molecular flexibility index (Phi) is 1.87. The zero-order chi connectivity index (χ0) is 8.55. The van der Waals surface area contributed by atoms with E-state index >= 15 is 0 Å². The van der Waals surface area contributed by atoms with Gasteiger partial charge in [0.2, 0.25) is 0 Å². The second-order valence-corrected chi connectivity index (χ2v) is 3.78.